The highest BCUT2D eigenvalue weighted by molar-refractivity contribution is 7.99. The summed E-state index contributed by atoms with van der Waals surface area (Å²) in [7, 11) is 0. The molecule has 1 unspecified atom stereocenters. The molecule has 1 nitrogen and oxygen atoms in total. The first-order chi connectivity index (χ1) is 5.08. The minimum Gasteiger partial charge on any atom is -0.313 e. The van der Waals surface area contributed by atoms with E-state index in [1.807, 2.05) is 0 Å². The maximum atomic E-state index is 3.59. The molecule has 2 saturated heterocycles. The van der Waals surface area contributed by atoms with Crippen LogP contribution in [0.5, 0.6) is 0 Å². The van der Waals surface area contributed by atoms with Crippen LogP contribution in [0.2, 0.25) is 0 Å². The van der Waals surface area contributed by atoms with E-state index in [1.54, 1.807) is 0 Å². The molecule has 2 aliphatic heterocycles. The van der Waals surface area contributed by atoms with E-state index in [0.29, 0.717) is 16.9 Å². The van der Waals surface area contributed by atoms with E-state index in [4.69, 9.17) is 0 Å². The van der Waals surface area contributed by atoms with Crippen LogP contribution in [0.1, 0.15) is 20.8 Å². The van der Waals surface area contributed by atoms with Crippen molar-refractivity contribution in [2.24, 2.45) is 10.8 Å². The van der Waals surface area contributed by atoms with Gasteiger partial charge in [-0.2, -0.15) is 11.8 Å². The zero-order valence-corrected chi connectivity index (χ0v) is 8.42. The summed E-state index contributed by atoms with van der Waals surface area (Å²) in [4.78, 5) is 0. The van der Waals surface area contributed by atoms with E-state index in [2.05, 4.69) is 37.8 Å². The van der Waals surface area contributed by atoms with Crippen molar-refractivity contribution in [1.82, 2.24) is 5.32 Å². The van der Waals surface area contributed by atoms with Gasteiger partial charge in [0.1, 0.15) is 0 Å². The highest BCUT2D eigenvalue weighted by Crippen LogP contribution is 2.54. The van der Waals surface area contributed by atoms with Gasteiger partial charge in [0.2, 0.25) is 0 Å². The maximum absolute atomic E-state index is 3.59. The van der Waals surface area contributed by atoms with Crippen molar-refractivity contribution in [3.8, 4) is 0 Å². The predicted molar refractivity (Wildman–Crippen MR) is 51.0 cm³/mol. The van der Waals surface area contributed by atoms with E-state index >= 15 is 0 Å². The summed E-state index contributed by atoms with van der Waals surface area (Å²) in [5.41, 5.74) is 1.12. The number of nitrogens with one attached hydrogen (secondary N) is 1. The fraction of sp³-hybridized carbons (Fsp3) is 1.00. The molecule has 0 radical (unpaired) electrons. The Morgan fingerprint density at radius 3 is 2.73 bits per heavy atom. The van der Waals surface area contributed by atoms with E-state index in [9.17, 15) is 0 Å². The largest absolute Gasteiger partial charge is 0.313 e. The zero-order valence-electron chi connectivity index (χ0n) is 7.61. The van der Waals surface area contributed by atoms with Crippen molar-refractivity contribution in [2.75, 3.05) is 18.1 Å². The van der Waals surface area contributed by atoms with Gasteiger partial charge >= 0.3 is 0 Å². The van der Waals surface area contributed by atoms with Crippen LogP contribution in [0.3, 0.4) is 0 Å². The summed E-state index contributed by atoms with van der Waals surface area (Å²) in [6.07, 6.45) is 0. The number of thioether (sulfide) groups is 1. The molecule has 1 N–H and O–H groups in total. The average Bonchev–Trinajstić information content (AvgIpc) is 2.34. The van der Waals surface area contributed by atoms with Crippen LogP contribution >= 0.6 is 11.8 Å². The minimum atomic E-state index is 0.553. The van der Waals surface area contributed by atoms with Gasteiger partial charge in [-0.05, 0) is 17.8 Å². The Kier molecular flexibility index (Phi) is 1.56. The summed E-state index contributed by atoms with van der Waals surface area (Å²) in [6.45, 7) is 8.43. The van der Waals surface area contributed by atoms with Gasteiger partial charge in [-0.1, -0.05) is 13.8 Å². The molecule has 2 rings (SSSR count). The molecule has 0 aromatic heterocycles. The van der Waals surface area contributed by atoms with Gasteiger partial charge in [0.25, 0.3) is 0 Å². The van der Waals surface area contributed by atoms with Gasteiger partial charge in [0.15, 0.2) is 0 Å². The molecule has 0 saturated carbocycles. The normalized spacial score (nSPS) is 56.5. The van der Waals surface area contributed by atoms with Crippen molar-refractivity contribution in [3.63, 3.8) is 0 Å². The van der Waals surface area contributed by atoms with E-state index < -0.39 is 0 Å². The second-order valence-electron chi connectivity index (χ2n) is 4.57. The molecule has 0 aromatic rings. The molecule has 2 heteroatoms. The molecule has 11 heavy (non-hydrogen) atoms. The SMILES string of the molecule is CC1NC[C@]2(C)CSC[C@]12C. The summed E-state index contributed by atoms with van der Waals surface area (Å²) < 4.78 is 0. The van der Waals surface area contributed by atoms with Crippen molar-refractivity contribution in [3.05, 3.63) is 0 Å². The number of hydrogen-bond donors (Lipinski definition) is 1. The minimum absolute atomic E-state index is 0.553. The number of rotatable bonds is 0. The Morgan fingerprint density at radius 2 is 2.09 bits per heavy atom. The van der Waals surface area contributed by atoms with Crippen LogP contribution in [0.4, 0.5) is 0 Å². The molecule has 2 heterocycles. The topological polar surface area (TPSA) is 12.0 Å². The maximum Gasteiger partial charge on any atom is 0.0107 e. The third kappa shape index (κ3) is 0.829. The van der Waals surface area contributed by atoms with Gasteiger partial charge in [0.05, 0.1) is 0 Å². The lowest BCUT2D eigenvalue weighted by molar-refractivity contribution is 0.180. The van der Waals surface area contributed by atoms with Gasteiger partial charge in [-0.3, -0.25) is 0 Å². The summed E-state index contributed by atoms with van der Waals surface area (Å²) >= 11 is 2.13. The van der Waals surface area contributed by atoms with Crippen LogP contribution in [-0.2, 0) is 0 Å². The Hall–Kier alpha value is 0.310. The Labute approximate surface area is 73.3 Å². The third-order valence-corrected chi connectivity index (χ3v) is 5.60. The van der Waals surface area contributed by atoms with Gasteiger partial charge in [-0.25, -0.2) is 0 Å². The van der Waals surface area contributed by atoms with Gasteiger partial charge in [0, 0.05) is 24.1 Å². The molecule has 0 spiro atoms. The molecule has 64 valence electrons. The summed E-state index contributed by atoms with van der Waals surface area (Å²) in [6, 6.07) is 0.711. The Balaban J connectivity index is 2.33. The second kappa shape index (κ2) is 2.17. The first-order valence-electron chi connectivity index (χ1n) is 4.40. The third-order valence-electron chi connectivity index (χ3n) is 3.96. The second-order valence-corrected chi connectivity index (χ2v) is 5.56. The smallest absolute Gasteiger partial charge is 0.0107 e. The molecule has 3 atom stereocenters. The van der Waals surface area contributed by atoms with E-state index in [1.165, 1.54) is 18.1 Å². The summed E-state index contributed by atoms with van der Waals surface area (Å²) in [5.74, 6) is 2.69. The highest BCUT2D eigenvalue weighted by Gasteiger charge is 2.55. The Bertz CT molecular complexity index is 182. The highest BCUT2D eigenvalue weighted by atomic mass is 32.2. The Morgan fingerprint density at radius 1 is 1.36 bits per heavy atom. The van der Waals surface area contributed by atoms with Crippen LogP contribution in [0.15, 0.2) is 0 Å². The molecule has 0 aliphatic carbocycles. The summed E-state index contributed by atoms with van der Waals surface area (Å²) in [5, 5.41) is 3.59. The van der Waals surface area contributed by atoms with Crippen LogP contribution < -0.4 is 5.32 Å². The lowest BCUT2D eigenvalue weighted by Gasteiger charge is -2.35. The molecule has 0 aromatic carbocycles. The molecular weight excluding hydrogens is 154 g/mol. The molecule has 0 amide bonds. The van der Waals surface area contributed by atoms with Crippen LogP contribution in [0, 0.1) is 10.8 Å². The zero-order chi connectivity index (χ0) is 8.11. The van der Waals surface area contributed by atoms with Crippen molar-refractivity contribution in [2.45, 2.75) is 26.8 Å². The van der Waals surface area contributed by atoms with Gasteiger partial charge < -0.3 is 5.32 Å². The number of hydrogen-bond acceptors (Lipinski definition) is 2. The molecule has 2 fully saturated rings. The van der Waals surface area contributed by atoms with Crippen LogP contribution in [0.25, 0.3) is 0 Å². The predicted octanol–water partition coefficient (Wildman–Crippen LogP) is 1.74. The fourth-order valence-electron chi connectivity index (χ4n) is 2.33. The molecule has 2 aliphatic rings. The first kappa shape index (κ1) is 7.93. The number of fused-ring (bicyclic) bond motifs is 1. The monoisotopic (exact) mass is 171 g/mol. The quantitative estimate of drug-likeness (QED) is 0.596. The van der Waals surface area contributed by atoms with E-state index in [-0.39, 0.29) is 0 Å². The average molecular weight is 171 g/mol. The van der Waals surface area contributed by atoms with Crippen LogP contribution in [-0.4, -0.2) is 24.1 Å². The fourth-order valence-corrected chi connectivity index (χ4v) is 4.34. The lowest BCUT2D eigenvalue weighted by atomic mass is 9.68. The first-order valence-corrected chi connectivity index (χ1v) is 5.55. The van der Waals surface area contributed by atoms with E-state index in [0.717, 1.165) is 0 Å². The molecule has 0 bridgehead atoms. The van der Waals surface area contributed by atoms with Crippen molar-refractivity contribution < 1.29 is 0 Å². The molecular formula is C9H17NS. The van der Waals surface area contributed by atoms with Gasteiger partial charge in [-0.15, -0.1) is 0 Å². The van der Waals surface area contributed by atoms with Crippen molar-refractivity contribution >= 4 is 11.8 Å². The lowest BCUT2D eigenvalue weighted by Crippen LogP contribution is -2.39. The van der Waals surface area contributed by atoms with Crippen molar-refractivity contribution in [1.29, 1.82) is 0 Å². The standard InChI is InChI=1S/C9H17NS/c1-7-9(3)6-11-5-8(9,2)4-10-7/h7,10H,4-6H2,1-3H3/t7?,8-,9-/m1/s1.